The van der Waals surface area contributed by atoms with Gasteiger partial charge in [0.2, 0.25) is 0 Å². The molecule has 1 amide bonds. The average molecular weight is 237 g/mol. The van der Waals surface area contributed by atoms with Crippen molar-refractivity contribution in [2.45, 2.75) is 32.9 Å². The van der Waals surface area contributed by atoms with Crippen LogP contribution in [0.4, 0.5) is 0 Å². The van der Waals surface area contributed by atoms with E-state index >= 15 is 0 Å². The molecule has 0 radical (unpaired) electrons. The van der Waals surface area contributed by atoms with Crippen LogP contribution in [0.1, 0.15) is 28.7 Å². The predicted molar refractivity (Wildman–Crippen MR) is 65.7 cm³/mol. The Morgan fingerprint density at radius 2 is 2.18 bits per heavy atom. The third-order valence-corrected chi connectivity index (χ3v) is 2.59. The Bertz CT molecular complexity index is 405. The summed E-state index contributed by atoms with van der Waals surface area (Å²) in [5.74, 6) is -0.217. The van der Waals surface area contributed by atoms with Crippen molar-refractivity contribution in [1.82, 2.24) is 10.3 Å². The summed E-state index contributed by atoms with van der Waals surface area (Å²) in [6.07, 6.45) is -0.646. The zero-order valence-electron chi connectivity index (χ0n) is 10.4. The molecule has 0 bridgehead atoms. The van der Waals surface area contributed by atoms with Crippen molar-refractivity contribution in [2.24, 2.45) is 5.73 Å². The van der Waals surface area contributed by atoms with Crippen LogP contribution in [0.5, 0.6) is 0 Å². The van der Waals surface area contributed by atoms with E-state index in [4.69, 9.17) is 5.73 Å². The lowest BCUT2D eigenvalue weighted by Crippen LogP contribution is -2.43. The summed E-state index contributed by atoms with van der Waals surface area (Å²) in [5, 5.41) is 11.9. The number of pyridine rings is 1. The molecule has 5 heteroatoms. The summed E-state index contributed by atoms with van der Waals surface area (Å²) in [6.45, 7) is 5.49. The number of aromatic nitrogens is 1. The smallest absolute Gasteiger partial charge is 0.253 e. The van der Waals surface area contributed by atoms with Crippen molar-refractivity contribution in [3.8, 4) is 0 Å². The highest BCUT2D eigenvalue weighted by Gasteiger charge is 2.13. The minimum atomic E-state index is -0.646. The number of aliphatic hydroxyl groups is 1. The molecule has 0 aliphatic rings. The summed E-state index contributed by atoms with van der Waals surface area (Å²) >= 11 is 0. The SMILES string of the molecule is Cc1ccc(C(=O)NCC(N)C(C)O)c(C)n1. The number of aryl methyl sites for hydroxylation is 2. The maximum Gasteiger partial charge on any atom is 0.253 e. The van der Waals surface area contributed by atoms with Crippen molar-refractivity contribution in [1.29, 1.82) is 0 Å². The molecule has 0 saturated heterocycles. The van der Waals surface area contributed by atoms with Crippen LogP contribution in [0.25, 0.3) is 0 Å². The number of amides is 1. The van der Waals surface area contributed by atoms with Gasteiger partial charge in [0.15, 0.2) is 0 Å². The molecule has 1 heterocycles. The average Bonchev–Trinajstić information content (AvgIpc) is 2.25. The first-order valence-electron chi connectivity index (χ1n) is 5.58. The summed E-state index contributed by atoms with van der Waals surface area (Å²) in [7, 11) is 0. The van der Waals surface area contributed by atoms with Gasteiger partial charge in [0.1, 0.15) is 0 Å². The Balaban J connectivity index is 2.64. The second-order valence-electron chi connectivity index (χ2n) is 4.20. The number of carbonyl (C=O) groups excluding carboxylic acids is 1. The van der Waals surface area contributed by atoms with Crippen molar-refractivity contribution >= 4 is 5.91 Å². The Morgan fingerprint density at radius 3 is 2.71 bits per heavy atom. The van der Waals surface area contributed by atoms with Gasteiger partial charge in [-0.15, -0.1) is 0 Å². The number of aliphatic hydroxyl groups excluding tert-OH is 1. The van der Waals surface area contributed by atoms with E-state index in [1.54, 1.807) is 26.0 Å². The van der Waals surface area contributed by atoms with Gasteiger partial charge in [-0.05, 0) is 32.9 Å². The molecule has 5 nitrogen and oxygen atoms in total. The van der Waals surface area contributed by atoms with Gasteiger partial charge in [0, 0.05) is 18.3 Å². The van der Waals surface area contributed by atoms with Crippen molar-refractivity contribution < 1.29 is 9.90 Å². The molecule has 4 N–H and O–H groups in total. The minimum Gasteiger partial charge on any atom is -0.392 e. The number of rotatable bonds is 4. The lowest BCUT2D eigenvalue weighted by molar-refractivity contribution is 0.0936. The molecule has 1 aromatic heterocycles. The summed E-state index contributed by atoms with van der Waals surface area (Å²) in [4.78, 5) is 16.0. The number of nitrogens with two attached hydrogens (primary N) is 1. The minimum absolute atomic E-state index is 0.217. The van der Waals surface area contributed by atoms with Crippen LogP contribution in [-0.4, -0.2) is 34.7 Å². The topological polar surface area (TPSA) is 88.2 Å². The third kappa shape index (κ3) is 3.80. The molecule has 2 unspecified atom stereocenters. The number of hydrogen-bond acceptors (Lipinski definition) is 4. The number of nitrogens with zero attached hydrogens (tertiary/aromatic N) is 1. The molecule has 0 saturated carbocycles. The Hall–Kier alpha value is -1.46. The molecular weight excluding hydrogens is 218 g/mol. The van der Waals surface area contributed by atoms with E-state index in [0.29, 0.717) is 11.3 Å². The Kier molecular flexibility index (Phi) is 4.60. The largest absolute Gasteiger partial charge is 0.392 e. The highest BCUT2D eigenvalue weighted by molar-refractivity contribution is 5.95. The van der Waals surface area contributed by atoms with Crippen LogP contribution in [-0.2, 0) is 0 Å². The molecular formula is C12H19N3O2. The summed E-state index contributed by atoms with van der Waals surface area (Å²) < 4.78 is 0. The predicted octanol–water partition coefficient (Wildman–Crippen LogP) is 0.136. The van der Waals surface area contributed by atoms with E-state index in [1.165, 1.54) is 0 Å². The Morgan fingerprint density at radius 1 is 1.53 bits per heavy atom. The zero-order chi connectivity index (χ0) is 13.0. The molecule has 0 aromatic carbocycles. The van der Waals surface area contributed by atoms with Gasteiger partial charge in [-0.25, -0.2) is 0 Å². The lowest BCUT2D eigenvalue weighted by atomic mass is 10.1. The molecule has 1 aromatic rings. The molecule has 0 aliphatic heterocycles. The summed E-state index contributed by atoms with van der Waals surface area (Å²) in [6, 6.07) is 3.06. The highest BCUT2D eigenvalue weighted by atomic mass is 16.3. The molecule has 94 valence electrons. The van der Waals surface area contributed by atoms with Crippen LogP contribution >= 0.6 is 0 Å². The first-order valence-corrected chi connectivity index (χ1v) is 5.58. The molecule has 0 aliphatic carbocycles. The van der Waals surface area contributed by atoms with Crippen molar-refractivity contribution in [3.63, 3.8) is 0 Å². The first-order chi connectivity index (χ1) is 7.91. The zero-order valence-corrected chi connectivity index (χ0v) is 10.4. The van der Waals surface area contributed by atoms with E-state index in [-0.39, 0.29) is 12.5 Å². The second-order valence-corrected chi connectivity index (χ2v) is 4.20. The van der Waals surface area contributed by atoms with Crippen LogP contribution in [0.3, 0.4) is 0 Å². The third-order valence-electron chi connectivity index (χ3n) is 2.59. The van der Waals surface area contributed by atoms with Crippen molar-refractivity contribution in [2.75, 3.05) is 6.54 Å². The van der Waals surface area contributed by atoms with E-state index in [0.717, 1.165) is 5.69 Å². The van der Waals surface area contributed by atoms with Gasteiger partial charge in [-0.2, -0.15) is 0 Å². The van der Waals surface area contributed by atoms with Gasteiger partial charge < -0.3 is 16.2 Å². The second kappa shape index (κ2) is 5.75. The maximum absolute atomic E-state index is 11.8. The van der Waals surface area contributed by atoms with E-state index in [9.17, 15) is 9.90 Å². The van der Waals surface area contributed by atoms with Crippen molar-refractivity contribution in [3.05, 3.63) is 29.1 Å². The monoisotopic (exact) mass is 237 g/mol. The standard InChI is InChI=1S/C12H19N3O2/c1-7-4-5-10(8(2)15-7)12(17)14-6-11(13)9(3)16/h4-5,9,11,16H,6,13H2,1-3H3,(H,14,17). The van der Waals surface area contributed by atoms with Crippen LogP contribution in [0.15, 0.2) is 12.1 Å². The Labute approximate surface area is 101 Å². The quantitative estimate of drug-likeness (QED) is 0.695. The fraction of sp³-hybridized carbons (Fsp3) is 0.500. The number of nitrogens with one attached hydrogen (secondary N) is 1. The van der Waals surface area contributed by atoms with Crippen LogP contribution in [0.2, 0.25) is 0 Å². The number of carbonyl (C=O) groups is 1. The van der Waals surface area contributed by atoms with Gasteiger partial charge in [-0.1, -0.05) is 0 Å². The molecule has 17 heavy (non-hydrogen) atoms. The fourth-order valence-electron chi connectivity index (χ4n) is 1.40. The number of hydrogen-bond donors (Lipinski definition) is 3. The lowest BCUT2D eigenvalue weighted by Gasteiger charge is -2.15. The normalized spacial score (nSPS) is 14.2. The summed E-state index contributed by atoms with van der Waals surface area (Å²) in [5.41, 5.74) is 7.72. The van der Waals surface area contributed by atoms with E-state index in [2.05, 4.69) is 10.3 Å². The highest BCUT2D eigenvalue weighted by Crippen LogP contribution is 2.06. The maximum atomic E-state index is 11.8. The van der Waals surface area contributed by atoms with Crippen LogP contribution in [0, 0.1) is 13.8 Å². The molecule has 0 fully saturated rings. The molecule has 1 rings (SSSR count). The van der Waals surface area contributed by atoms with Gasteiger partial charge in [0.05, 0.1) is 17.4 Å². The molecule has 2 atom stereocenters. The van der Waals surface area contributed by atoms with Crippen LogP contribution < -0.4 is 11.1 Å². The molecule has 0 spiro atoms. The van der Waals surface area contributed by atoms with Gasteiger partial charge in [0.25, 0.3) is 5.91 Å². The first kappa shape index (κ1) is 13.6. The van der Waals surface area contributed by atoms with E-state index in [1.807, 2.05) is 6.92 Å². The van der Waals surface area contributed by atoms with E-state index < -0.39 is 12.1 Å². The van der Waals surface area contributed by atoms with Gasteiger partial charge >= 0.3 is 0 Å². The fourth-order valence-corrected chi connectivity index (χ4v) is 1.40. The van der Waals surface area contributed by atoms with Gasteiger partial charge in [-0.3, -0.25) is 9.78 Å².